The van der Waals surface area contributed by atoms with Crippen LogP contribution in [0.1, 0.15) is 43.2 Å². The topological polar surface area (TPSA) is 71.0 Å². The van der Waals surface area contributed by atoms with E-state index in [1.165, 1.54) is 5.56 Å². The van der Waals surface area contributed by atoms with E-state index in [9.17, 15) is 8.42 Å². The molecule has 0 amide bonds. The van der Waals surface area contributed by atoms with Gasteiger partial charge in [-0.25, -0.2) is 13.4 Å². The molecule has 1 atom stereocenters. The van der Waals surface area contributed by atoms with Gasteiger partial charge in [-0.3, -0.25) is 4.72 Å². The second kappa shape index (κ2) is 12.2. The number of ether oxygens (including phenoxy) is 1. The van der Waals surface area contributed by atoms with Crippen LogP contribution < -0.4 is 4.72 Å². The molecule has 0 saturated carbocycles. The van der Waals surface area contributed by atoms with E-state index in [2.05, 4.69) is 53.5 Å². The molecule has 0 bridgehead atoms. The first-order valence-electron chi connectivity index (χ1n) is 11.9. The van der Waals surface area contributed by atoms with Crippen LogP contribution in [0.5, 0.6) is 0 Å². The van der Waals surface area contributed by atoms with Crippen molar-refractivity contribution < 1.29 is 13.2 Å². The maximum Gasteiger partial charge on any atom is 0.229 e. The third kappa shape index (κ3) is 8.29. The fraction of sp³-hybridized carbons (Fsp3) is 0.444. The molecular weight excluding hydrogens is 446 g/mol. The maximum atomic E-state index is 11.4. The number of sulfonamides is 1. The number of likely N-dealkylation sites (tertiary alicyclic amines) is 1. The Morgan fingerprint density at radius 1 is 1.15 bits per heavy atom. The first kappa shape index (κ1) is 26.0. The number of hydrogen-bond donors (Lipinski definition) is 1. The van der Waals surface area contributed by atoms with E-state index in [1.54, 1.807) is 19.2 Å². The van der Waals surface area contributed by atoms with Crippen LogP contribution in [-0.4, -0.2) is 52.2 Å². The zero-order valence-corrected chi connectivity index (χ0v) is 21.4. The van der Waals surface area contributed by atoms with E-state index in [1.807, 2.05) is 12.1 Å². The Labute approximate surface area is 204 Å². The number of allylic oxidation sites excluding steroid dienone is 1. The van der Waals surface area contributed by atoms with Crippen molar-refractivity contribution in [3.63, 3.8) is 0 Å². The van der Waals surface area contributed by atoms with Gasteiger partial charge in [-0.15, -0.1) is 0 Å². The van der Waals surface area contributed by atoms with E-state index >= 15 is 0 Å². The summed E-state index contributed by atoms with van der Waals surface area (Å²) in [5, 5.41) is 0. The Bertz CT molecular complexity index is 1060. The Balaban J connectivity index is 1.47. The second-order valence-electron chi connectivity index (χ2n) is 9.18. The van der Waals surface area contributed by atoms with Gasteiger partial charge in [-0.05, 0) is 68.1 Å². The summed E-state index contributed by atoms with van der Waals surface area (Å²) < 4.78 is 30.8. The number of nitrogens with zero attached hydrogens (tertiary/aromatic N) is 2. The van der Waals surface area contributed by atoms with Crippen LogP contribution in [0.3, 0.4) is 0 Å². The van der Waals surface area contributed by atoms with Crippen molar-refractivity contribution in [1.82, 2.24) is 4.90 Å². The molecule has 0 aromatic heterocycles. The summed E-state index contributed by atoms with van der Waals surface area (Å²) in [4.78, 5) is 7.25. The molecule has 1 fully saturated rings. The van der Waals surface area contributed by atoms with Gasteiger partial charge in [0.2, 0.25) is 10.0 Å². The molecule has 7 heteroatoms. The van der Waals surface area contributed by atoms with Crippen molar-refractivity contribution in [2.45, 2.75) is 38.5 Å². The molecule has 0 radical (unpaired) electrons. The first-order valence-corrected chi connectivity index (χ1v) is 13.8. The van der Waals surface area contributed by atoms with Crippen LogP contribution in [0.25, 0.3) is 0 Å². The van der Waals surface area contributed by atoms with Crippen LogP contribution in [-0.2, 0) is 21.2 Å². The van der Waals surface area contributed by atoms with Gasteiger partial charge in [-0.2, -0.15) is 0 Å². The quantitative estimate of drug-likeness (QED) is 0.379. The highest BCUT2D eigenvalue weighted by Crippen LogP contribution is 2.24. The lowest BCUT2D eigenvalue weighted by molar-refractivity contribution is 0.191. The van der Waals surface area contributed by atoms with Crippen LogP contribution in [0.2, 0.25) is 0 Å². The lowest BCUT2D eigenvalue weighted by Crippen LogP contribution is -2.37. The van der Waals surface area contributed by atoms with Crippen LogP contribution >= 0.6 is 0 Å². The number of anilines is 1. The minimum absolute atomic E-state index is 0.311. The minimum Gasteiger partial charge on any atom is -0.484 e. The Morgan fingerprint density at radius 2 is 1.79 bits per heavy atom. The fourth-order valence-electron chi connectivity index (χ4n) is 4.37. The number of methoxy groups -OCH3 is 1. The van der Waals surface area contributed by atoms with Gasteiger partial charge in [0, 0.05) is 23.7 Å². The molecule has 184 valence electrons. The number of piperidine rings is 1. The van der Waals surface area contributed by atoms with Gasteiger partial charge in [0.25, 0.3) is 0 Å². The van der Waals surface area contributed by atoms with Crippen molar-refractivity contribution >= 4 is 21.6 Å². The summed E-state index contributed by atoms with van der Waals surface area (Å²) in [5.41, 5.74) is 3.71. The standard InChI is InChI=1S/C27H37N3O3S/c1-21(24-8-6-5-7-9-24)14-17-30-18-15-25(16-19-30)27(33-3)28-22(2)20-23-10-12-26(13-11-23)29-34(4,31)32/h5-13,21,25,29H,2,14-20H2,1,3-4H3. The van der Waals surface area contributed by atoms with E-state index < -0.39 is 10.0 Å². The predicted octanol–water partition coefficient (Wildman–Crippen LogP) is 5.07. The van der Waals surface area contributed by atoms with Crippen molar-refractivity contribution in [3.8, 4) is 0 Å². The molecule has 1 saturated heterocycles. The molecule has 2 aromatic rings. The monoisotopic (exact) mass is 483 g/mol. The predicted molar refractivity (Wildman–Crippen MR) is 141 cm³/mol. The highest BCUT2D eigenvalue weighted by atomic mass is 32.2. The van der Waals surface area contributed by atoms with Crippen molar-refractivity contribution in [3.05, 3.63) is 78.0 Å². The number of benzene rings is 2. The maximum absolute atomic E-state index is 11.4. The SMILES string of the molecule is C=C(Cc1ccc(NS(C)(=O)=O)cc1)N=C(OC)C1CCN(CCC(C)c2ccccc2)CC1. The lowest BCUT2D eigenvalue weighted by atomic mass is 9.94. The van der Waals surface area contributed by atoms with Crippen molar-refractivity contribution in [2.75, 3.05) is 37.7 Å². The molecule has 2 aromatic carbocycles. The third-order valence-electron chi connectivity index (χ3n) is 6.33. The van der Waals surface area contributed by atoms with Gasteiger partial charge in [0.1, 0.15) is 0 Å². The smallest absolute Gasteiger partial charge is 0.229 e. The van der Waals surface area contributed by atoms with Gasteiger partial charge in [0.15, 0.2) is 5.90 Å². The molecular formula is C27H37N3O3S. The summed E-state index contributed by atoms with van der Waals surface area (Å²) in [6, 6.07) is 18.0. The molecule has 1 unspecified atom stereocenters. The molecule has 6 nitrogen and oxygen atoms in total. The van der Waals surface area contributed by atoms with Gasteiger partial charge in [-0.1, -0.05) is 56.0 Å². The highest BCUT2D eigenvalue weighted by Gasteiger charge is 2.24. The van der Waals surface area contributed by atoms with E-state index in [0.29, 0.717) is 23.9 Å². The zero-order valence-electron chi connectivity index (χ0n) is 20.5. The molecule has 0 aliphatic carbocycles. The van der Waals surface area contributed by atoms with Crippen molar-refractivity contribution in [1.29, 1.82) is 0 Å². The van der Waals surface area contributed by atoms with Crippen LogP contribution in [0.15, 0.2) is 71.9 Å². The largest absolute Gasteiger partial charge is 0.484 e. The Kier molecular flexibility index (Phi) is 9.30. The average Bonchev–Trinajstić information content (AvgIpc) is 2.82. The Hall–Kier alpha value is -2.64. The summed E-state index contributed by atoms with van der Waals surface area (Å²) >= 11 is 0. The molecule has 1 N–H and O–H groups in total. The number of aliphatic imine (C=N–C) groups is 1. The molecule has 3 rings (SSSR count). The summed E-state index contributed by atoms with van der Waals surface area (Å²) in [5.74, 6) is 1.64. The van der Waals surface area contributed by atoms with E-state index in [4.69, 9.17) is 9.73 Å². The molecule has 1 aliphatic rings. The summed E-state index contributed by atoms with van der Waals surface area (Å²) in [7, 11) is -1.59. The average molecular weight is 484 g/mol. The number of hydrogen-bond acceptors (Lipinski definition) is 5. The number of nitrogens with one attached hydrogen (secondary N) is 1. The normalized spacial score (nSPS) is 16.7. The van der Waals surface area contributed by atoms with Gasteiger partial charge >= 0.3 is 0 Å². The number of rotatable bonds is 10. The van der Waals surface area contributed by atoms with Gasteiger partial charge < -0.3 is 9.64 Å². The lowest BCUT2D eigenvalue weighted by Gasteiger charge is -2.32. The third-order valence-corrected chi connectivity index (χ3v) is 6.93. The fourth-order valence-corrected chi connectivity index (χ4v) is 4.93. The van der Waals surface area contributed by atoms with Crippen LogP contribution in [0, 0.1) is 5.92 Å². The van der Waals surface area contributed by atoms with E-state index in [-0.39, 0.29) is 0 Å². The molecule has 34 heavy (non-hydrogen) atoms. The highest BCUT2D eigenvalue weighted by molar-refractivity contribution is 7.92. The minimum atomic E-state index is -3.28. The summed E-state index contributed by atoms with van der Waals surface area (Å²) in [6.45, 7) is 9.64. The molecule has 0 spiro atoms. The molecule has 1 aliphatic heterocycles. The second-order valence-corrected chi connectivity index (χ2v) is 10.9. The van der Waals surface area contributed by atoms with Gasteiger partial charge in [0.05, 0.1) is 13.4 Å². The molecule has 1 heterocycles. The first-order chi connectivity index (χ1) is 16.2. The zero-order chi connectivity index (χ0) is 24.6. The van der Waals surface area contributed by atoms with E-state index in [0.717, 1.165) is 62.3 Å². The Morgan fingerprint density at radius 3 is 2.38 bits per heavy atom. The summed E-state index contributed by atoms with van der Waals surface area (Å²) in [6.07, 6.45) is 4.95. The van der Waals surface area contributed by atoms with Crippen LogP contribution in [0.4, 0.5) is 5.69 Å². The van der Waals surface area contributed by atoms with Crippen molar-refractivity contribution in [2.24, 2.45) is 10.9 Å².